The molecule has 1 aliphatic rings. The van der Waals surface area contributed by atoms with Crippen molar-refractivity contribution in [1.82, 2.24) is 19.9 Å². The second-order valence-corrected chi connectivity index (χ2v) is 7.00. The van der Waals surface area contributed by atoms with Crippen molar-refractivity contribution in [3.63, 3.8) is 0 Å². The zero-order valence-electron chi connectivity index (χ0n) is 12.2. The van der Waals surface area contributed by atoms with Gasteiger partial charge in [-0.05, 0) is 11.8 Å². The van der Waals surface area contributed by atoms with Gasteiger partial charge in [0.2, 0.25) is 5.91 Å². The number of amides is 1. The summed E-state index contributed by atoms with van der Waals surface area (Å²) in [7, 11) is 0. The molecule has 2 aromatic rings. The standard InChI is InChI=1S/C15H18N4OS/c1-15(2)3-6-19(10-15)13(20)7-11-9-21-14(18-11)12-8-16-4-5-17-12/h4-5,8-9H,3,6-7,10H2,1-2H3. The smallest absolute Gasteiger partial charge is 0.228 e. The van der Waals surface area contributed by atoms with Gasteiger partial charge >= 0.3 is 0 Å². The third-order valence-corrected chi connectivity index (χ3v) is 4.61. The third-order valence-electron chi connectivity index (χ3n) is 3.70. The first-order valence-electron chi connectivity index (χ1n) is 7.02. The zero-order valence-corrected chi connectivity index (χ0v) is 13.1. The molecular weight excluding hydrogens is 284 g/mol. The molecule has 21 heavy (non-hydrogen) atoms. The van der Waals surface area contributed by atoms with E-state index in [1.807, 2.05) is 10.3 Å². The van der Waals surface area contributed by atoms with Crippen molar-refractivity contribution in [3.8, 4) is 10.7 Å². The Morgan fingerprint density at radius 3 is 2.95 bits per heavy atom. The minimum absolute atomic E-state index is 0.163. The lowest BCUT2D eigenvalue weighted by atomic mass is 9.93. The van der Waals surface area contributed by atoms with E-state index >= 15 is 0 Å². The lowest BCUT2D eigenvalue weighted by molar-refractivity contribution is -0.129. The van der Waals surface area contributed by atoms with Gasteiger partial charge < -0.3 is 4.90 Å². The fourth-order valence-electron chi connectivity index (χ4n) is 2.51. The van der Waals surface area contributed by atoms with Crippen LogP contribution in [0.15, 0.2) is 24.0 Å². The fourth-order valence-corrected chi connectivity index (χ4v) is 3.29. The van der Waals surface area contributed by atoms with E-state index in [1.54, 1.807) is 18.6 Å². The van der Waals surface area contributed by atoms with Crippen molar-refractivity contribution in [3.05, 3.63) is 29.7 Å². The minimum atomic E-state index is 0.163. The molecule has 3 rings (SSSR count). The summed E-state index contributed by atoms with van der Waals surface area (Å²) < 4.78 is 0. The van der Waals surface area contributed by atoms with E-state index in [-0.39, 0.29) is 11.3 Å². The zero-order chi connectivity index (χ0) is 14.9. The van der Waals surface area contributed by atoms with E-state index in [2.05, 4.69) is 28.8 Å². The monoisotopic (exact) mass is 302 g/mol. The molecular formula is C15H18N4OS. The molecule has 0 N–H and O–H groups in total. The molecule has 0 radical (unpaired) electrons. The molecule has 1 amide bonds. The highest BCUT2D eigenvalue weighted by atomic mass is 32.1. The number of carbonyl (C=O) groups is 1. The average molecular weight is 302 g/mol. The third kappa shape index (κ3) is 3.26. The van der Waals surface area contributed by atoms with Crippen LogP contribution in [-0.4, -0.2) is 38.8 Å². The molecule has 1 fully saturated rings. The number of likely N-dealkylation sites (tertiary alicyclic amines) is 1. The number of rotatable bonds is 3. The van der Waals surface area contributed by atoms with Gasteiger partial charge in [0.1, 0.15) is 10.7 Å². The van der Waals surface area contributed by atoms with Gasteiger partial charge in [0.05, 0.1) is 18.3 Å². The largest absolute Gasteiger partial charge is 0.342 e. The van der Waals surface area contributed by atoms with Gasteiger partial charge in [0, 0.05) is 30.9 Å². The molecule has 3 heterocycles. The highest BCUT2D eigenvalue weighted by Crippen LogP contribution is 2.29. The van der Waals surface area contributed by atoms with Crippen molar-refractivity contribution < 1.29 is 4.79 Å². The SMILES string of the molecule is CC1(C)CCN(C(=O)Cc2csc(-c3cnccn3)n2)C1. The molecule has 110 valence electrons. The molecule has 0 bridgehead atoms. The quantitative estimate of drug-likeness (QED) is 0.873. The van der Waals surface area contributed by atoms with Crippen LogP contribution < -0.4 is 0 Å². The first-order valence-corrected chi connectivity index (χ1v) is 7.90. The summed E-state index contributed by atoms with van der Waals surface area (Å²) in [5.74, 6) is 0.163. The van der Waals surface area contributed by atoms with Crippen LogP contribution in [0, 0.1) is 5.41 Å². The van der Waals surface area contributed by atoms with Crippen molar-refractivity contribution in [2.45, 2.75) is 26.7 Å². The Balaban J connectivity index is 1.66. The average Bonchev–Trinajstić information content (AvgIpc) is 3.06. The highest BCUT2D eigenvalue weighted by molar-refractivity contribution is 7.13. The van der Waals surface area contributed by atoms with Crippen LogP contribution in [-0.2, 0) is 11.2 Å². The van der Waals surface area contributed by atoms with E-state index in [4.69, 9.17) is 0 Å². The molecule has 0 aliphatic carbocycles. The van der Waals surface area contributed by atoms with Crippen molar-refractivity contribution in [2.75, 3.05) is 13.1 Å². The van der Waals surface area contributed by atoms with Gasteiger partial charge in [-0.25, -0.2) is 4.98 Å². The van der Waals surface area contributed by atoms with Crippen molar-refractivity contribution in [1.29, 1.82) is 0 Å². The molecule has 0 atom stereocenters. The lowest BCUT2D eigenvalue weighted by Crippen LogP contribution is -2.31. The van der Waals surface area contributed by atoms with Gasteiger partial charge in [0.15, 0.2) is 0 Å². The van der Waals surface area contributed by atoms with Gasteiger partial charge in [-0.1, -0.05) is 13.8 Å². The first-order chi connectivity index (χ1) is 10.0. The number of hydrogen-bond acceptors (Lipinski definition) is 5. The van der Waals surface area contributed by atoms with Gasteiger partial charge in [0.25, 0.3) is 0 Å². The number of aromatic nitrogens is 3. The molecule has 0 spiro atoms. The number of carbonyl (C=O) groups excluding carboxylic acids is 1. The van der Waals surface area contributed by atoms with Crippen LogP contribution in [0.5, 0.6) is 0 Å². The molecule has 1 aliphatic heterocycles. The maximum absolute atomic E-state index is 12.3. The maximum atomic E-state index is 12.3. The van der Waals surface area contributed by atoms with Crippen LogP contribution >= 0.6 is 11.3 Å². The Morgan fingerprint density at radius 1 is 1.43 bits per heavy atom. The number of nitrogens with zero attached hydrogens (tertiary/aromatic N) is 4. The topological polar surface area (TPSA) is 59.0 Å². The first kappa shape index (κ1) is 14.1. The fraction of sp³-hybridized carbons (Fsp3) is 0.467. The number of thiazole rings is 1. The second kappa shape index (κ2) is 5.52. The summed E-state index contributed by atoms with van der Waals surface area (Å²) in [4.78, 5) is 27.0. The van der Waals surface area contributed by atoms with Crippen molar-refractivity contribution >= 4 is 17.2 Å². The predicted octanol–water partition coefficient (Wildman–Crippen LogP) is 2.40. The summed E-state index contributed by atoms with van der Waals surface area (Å²) in [6.45, 7) is 6.10. The van der Waals surface area contributed by atoms with Crippen LogP contribution in [0.25, 0.3) is 10.7 Å². The lowest BCUT2D eigenvalue weighted by Gasteiger charge is -2.19. The Kier molecular flexibility index (Phi) is 3.71. The van der Waals surface area contributed by atoms with Gasteiger partial charge in [-0.2, -0.15) is 0 Å². The van der Waals surface area contributed by atoms with Gasteiger partial charge in [-0.3, -0.25) is 14.8 Å². The van der Waals surface area contributed by atoms with Crippen LogP contribution in [0.2, 0.25) is 0 Å². The summed E-state index contributed by atoms with van der Waals surface area (Å²) in [6.07, 6.45) is 6.41. The Bertz CT molecular complexity index is 638. The van der Waals surface area contributed by atoms with E-state index in [1.165, 1.54) is 11.3 Å². The molecule has 5 nitrogen and oxygen atoms in total. The predicted molar refractivity (Wildman–Crippen MR) is 81.8 cm³/mol. The highest BCUT2D eigenvalue weighted by Gasteiger charge is 2.32. The molecule has 2 aromatic heterocycles. The van der Waals surface area contributed by atoms with E-state index in [0.717, 1.165) is 35.9 Å². The van der Waals surface area contributed by atoms with Crippen LogP contribution in [0.1, 0.15) is 26.0 Å². The molecule has 0 saturated carbocycles. The molecule has 0 unspecified atom stereocenters. The Morgan fingerprint density at radius 2 is 2.29 bits per heavy atom. The van der Waals surface area contributed by atoms with E-state index < -0.39 is 0 Å². The summed E-state index contributed by atoms with van der Waals surface area (Å²) in [6, 6.07) is 0. The summed E-state index contributed by atoms with van der Waals surface area (Å²) >= 11 is 1.50. The second-order valence-electron chi connectivity index (χ2n) is 6.14. The normalized spacial score (nSPS) is 17.1. The van der Waals surface area contributed by atoms with Crippen LogP contribution in [0.4, 0.5) is 0 Å². The molecule has 6 heteroatoms. The van der Waals surface area contributed by atoms with E-state index in [9.17, 15) is 4.79 Å². The summed E-state index contributed by atoms with van der Waals surface area (Å²) in [5, 5.41) is 2.75. The van der Waals surface area contributed by atoms with Crippen LogP contribution in [0.3, 0.4) is 0 Å². The maximum Gasteiger partial charge on any atom is 0.228 e. The summed E-state index contributed by atoms with van der Waals surface area (Å²) in [5.41, 5.74) is 1.81. The van der Waals surface area contributed by atoms with Gasteiger partial charge in [-0.15, -0.1) is 11.3 Å². The molecule has 1 saturated heterocycles. The Labute approximate surface area is 128 Å². The molecule has 0 aromatic carbocycles. The van der Waals surface area contributed by atoms with Crippen molar-refractivity contribution in [2.24, 2.45) is 5.41 Å². The van der Waals surface area contributed by atoms with E-state index in [0.29, 0.717) is 6.42 Å². The Hall–Kier alpha value is -1.82. The minimum Gasteiger partial charge on any atom is -0.342 e. The number of hydrogen-bond donors (Lipinski definition) is 0.